The summed E-state index contributed by atoms with van der Waals surface area (Å²) in [6, 6.07) is 0.559. The van der Waals surface area contributed by atoms with E-state index in [-0.39, 0.29) is 11.9 Å². The molecule has 1 aliphatic rings. The minimum absolute atomic E-state index is 0.0835. The Morgan fingerprint density at radius 2 is 2.05 bits per heavy atom. The average molecular weight is 297 g/mol. The molecule has 2 rings (SSSR count). The number of carbonyl (C=O) groups excluding carboxylic acids is 1. The van der Waals surface area contributed by atoms with Crippen molar-refractivity contribution in [3.63, 3.8) is 0 Å². The van der Waals surface area contributed by atoms with Gasteiger partial charge in [0.05, 0.1) is 11.8 Å². The molecule has 0 aromatic carbocycles. The molecule has 6 nitrogen and oxygen atoms in total. The average Bonchev–Trinajstić information content (AvgIpc) is 2.75. The molecular weight excluding hydrogens is 274 g/mol. The number of nitrogens with one attached hydrogen (secondary N) is 1. The van der Waals surface area contributed by atoms with Crippen molar-refractivity contribution in [2.24, 2.45) is 0 Å². The fraction of sp³-hybridized carbons (Fsp3) is 0.846. The zero-order chi connectivity index (χ0) is 14.4. The fourth-order valence-corrected chi connectivity index (χ4v) is 3.25. The van der Waals surface area contributed by atoms with Gasteiger partial charge in [-0.1, -0.05) is 37.4 Å². The lowest BCUT2D eigenvalue weighted by Gasteiger charge is -2.16. The van der Waals surface area contributed by atoms with Crippen LogP contribution < -0.4 is 5.32 Å². The number of hydrogen-bond donors (Lipinski definition) is 1. The fourth-order valence-electron chi connectivity index (χ4n) is 2.43. The van der Waals surface area contributed by atoms with E-state index in [4.69, 9.17) is 0 Å². The van der Waals surface area contributed by atoms with Crippen LogP contribution >= 0.6 is 11.8 Å². The van der Waals surface area contributed by atoms with E-state index in [0.29, 0.717) is 17.0 Å². The summed E-state index contributed by atoms with van der Waals surface area (Å²) in [7, 11) is 0. The van der Waals surface area contributed by atoms with Gasteiger partial charge in [-0.25, -0.2) is 4.68 Å². The molecule has 20 heavy (non-hydrogen) atoms. The molecule has 112 valence electrons. The molecule has 1 N–H and O–H groups in total. The maximum atomic E-state index is 12.0. The van der Waals surface area contributed by atoms with Crippen molar-refractivity contribution in [2.75, 3.05) is 5.75 Å². The van der Waals surface area contributed by atoms with Crippen LogP contribution in [-0.2, 0) is 4.79 Å². The molecule has 1 amide bonds. The van der Waals surface area contributed by atoms with E-state index in [1.807, 2.05) is 13.8 Å². The third-order valence-corrected chi connectivity index (χ3v) is 4.44. The summed E-state index contributed by atoms with van der Waals surface area (Å²) in [5.41, 5.74) is 0. The zero-order valence-electron chi connectivity index (χ0n) is 12.2. The van der Waals surface area contributed by atoms with E-state index in [0.717, 1.165) is 12.8 Å². The molecule has 1 fully saturated rings. The minimum atomic E-state index is 0.0835. The number of hydrogen-bond acceptors (Lipinski definition) is 5. The van der Waals surface area contributed by atoms with Crippen LogP contribution in [0.15, 0.2) is 5.16 Å². The number of rotatable bonds is 5. The highest BCUT2D eigenvalue weighted by molar-refractivity contribution is 7.99. The summed E-state index contributed by atoms with van der Waals surface area (Å²) in [6.07, 6.45) is 7.27. The molecule has 1 aromatic rings. The van der Waals surface area contributed by atoms with Crippen LogP contribution in [0.1, 0.15) is 58.4 Å². The lowest BCUT2D eigenvalue weighted by atomic mass is 10.1. The Hall–Kier alpha value is -1.11. The standard InChI is InChI=1S/C13H23N5OS/c1-10(2)18-13(15-16-17-18)20-9-12(19)14-11-7-5-3-4-6-8-11/h10-11H,3-9H2,1-2H3,(H,14,19). The van der Waals surface area contributed by atoms with Crippen molar-refractivity contribution in [2.45, 2.75) is 69.6 Å². The second kappa shape index (κ2) is 7.61. The smallest absolute Gasteiger partial charge is 0.230 e. The van der Waals surface area contributed by atoms with Crippen LogP contribution in [0.2, 0.25) is 0 Å². The van der Waals surface area contributed by atoms with Crippen LogP contribution in [0.3, 0.4) is 0 Å². The summed E-state index contributed by atoms with van der Waals surface area (Å²) < 4.78 is 1.74. The monoisotopic (exact) mass is 297 g/mol. The second-order valence-corrected chi connectivity index (χ2v) is 6.49. The van der Waals surface area contributed by atoms with E-state index in [1.54, 1.807) is 4.68 Å². The van der Waals surface area contributed by atoms with Crippen molar-refractivity contribution in [3.05, 3.63) is 0 Å². The number of thioether (sulfide) groups is 1. The van der Waals surface area contributed by atoms with E-state index < -0.39 is 0 Å². The number of tetrazole rings is 1. The van der Waals surface area contributed by atoms with Crippen molar-refractivity contribution in [1.29, 1.82) is 0 Å². The first-order chi connectivity index (χ1) is 9.66. The third kappa shape index (κ3) is 4.47. The van der Waals surface area contributed by atoms with Gasteiger partial charge in [0, 0.05) is 6.04 Å². The van der Waals surface area contributed by atoms with Crippen LogP contribution in [0.25, 0.3) is 0 Å². The van der Waals surface area contributed by atoms with Crippen LogP contribution in [-0.4, -0.2) is 37.9 Å². The molecular formula is C13H23N5OS. The zero-order valence-corrected chi connectivity index (χ0v) is 13.0. The molecule has 0 aliphatic heterocycles. The highest BCUT2D eigenvalue weighted by atomic mass is 32.2. The maximum absolute atomic E-state index is 12.0. The van der Waals surface area contributed by atoms with Gasteiger partial charge in [-0.3, -0.25) is 4.79 Å². The van der Waals surface area contributed by atoms with Gasteiger partial charge in [0.25, 0.3) is 0 Å². The number of nitrogens with zero attached hydrogens (tertiary/aromatic N) is 4. The third-order valence-electron chi connectivity index (χ3n) is 3.50. The first kappa shape index (κ1) is 15.3. The lowest BCUT2D eigenvalue weighted by molar-refractivity contribution is -0.119. The van der Waals surface area contributed by atoms with Gasteiger partial charge < -0.3 is 5.32 Å². The molecule has 0 saturated heterocycles. The molecule has 0 unspecified atom stereocenters. The molecule has 7 heteroatoms. The van der Waals surface area contributed by atoms with Gasteiger partial charge in [-0.05, 0) is 37.1 Å². The van der Waals surface area contributed by atoms with Gasteiger partial charge in [0.2, 0.25) is 11.1 Å². The SMILES string of the molecule is CC(C)n1nnnc1SCC(=O)NC1CCCCCC1. The highest BCUT2D eigenvalue weighted by Crippen LogP contribution is 2.19. The number of amides is 1. The molecule has 1 saturated carbocycles. The summed E-state index contributed by atoms with van der Waals surface area (Å²) >= 11 is 1.40. The second-order valence-electron chi connectivity index (χ2n) is 5.54. The predicted molar refractivity (Wildman–Crippen MR) is 78.6 cm³/mol. The van der Waals surface area contributed by atoms with Gasteiger partial charge in [0.15, 0.2) is 0 Å². The van der Waals surface area contributed by atoms with E-state index in [1.165, 1.54) is 37.4 Å². The van der Waals surface area contributed by atoms with Crippen LogP contribution in [0, 0.1) is 0 Å². The first-order valence-corrected chi connectivity index (χ1v) is 8.35. The van der Waals surface area contributed by atoms with Gasteiger partial charge in [-0.15, -0.1) is 5.10 Å². The van der Waals surface area contributed by atoms with Crippen LogP contribution in [0.5, 0.6) is 0 Å². The Bertz CT molecular complexity index is 426. The van der Waals surface area contributed by atoms with Crippen LogP contribution in [0.4, 0.5) is 0 Å². The quantitative estimate of drug-likeness (QED) is 0.666. The Labute approximate surface area is 124 Å². The Kier molecular flexibility index (Phi) is 5.82. The van der Waals surface area contributed by atoms with E-state index in [2.05, 4.69) is 20.8 Å². The molecule has 1 aromatic heterocycles. The molecule has 0 radical (unpaired) electrons. The van der Waals surface area contributed by atoms with Gasteiger partial charge in [-0.2, -0.15) is 0 Å². The number of aromatic nitrogens is 4. The molecule has 1 heterocycles. The summed E-state index contributed by atoms with van der Waals surface area (Å²) in [4.78, 5) is 12.0. The summed E-state index contributed by atoms with van der Waals surface area (Å²) in [5.74, 6) is 0.462. The van der Waals surface area contributed by atoms with Crippen molar-refractivity contribution in [3.8, 4) is 0 Å². The van der Waals surface area contributed by atoms with Crippen molar-refractivity contribution < 1.29 is 4.79 Å². The lowest BCUT2D eigenvalue weighted by Crippen LogP contribution is -2.35. The molecule has 0 bridgehead atoms. The normalized spacial score (nSPS) is 17.1. The van der Waals surface area contributed by atoms with E-state index in [9.17, 15) is 4.79 Å². The van der Waals surface area contributed by atoms with Gasteiger partial charge >= 0.3 is 0 Å². The largest absolute Gasteiger partial charge is 0.353 e. The minimum Gasteiger partial charge on any atom is -0.353 e. The summed E-state index contributed by atoms with van der Waals surface area (Å²) in [6.45, 7) is 4.04. The number of carbonyl (C=O) groups is 1. The van der Waals surface area contributed by atoms with Crippen molar-refractivity contribution in [1.82, 2.24) is 25.5 Å². The Balaban J connectivity index is 1.78. The van der Waals surface area contributed by atoms with E-state index >= 15 is 0 Å². The molecule has 0 atom stereocenters. The summed E-state index contributed by atoms with van der Waals surface area (Å²) in [5, 5.41) is 15.4. The maximum Gasteiger partial charge on any atom is 0.230 e. The Morgan fingerprint density at radius 3 is 2.70 bits per heavy atom. The first-order valence-electron chi connectivity index (χ1n) is 7.37. The highest BCUT2D eigenvalue weighted by Gasteiger charge is 2.16. The molecule has 0 spiro atoms. The van der Waals surface area contributed by atoms with Gasteiger partial charge in [0.1, 0.15) is 0 Å². The predicted octanol–water partition coefficient (Wildman–Crippen LogP) is 2.19. The molecule has 1 aliphatic carbocycles. The van der Waals surface area contributed by atoms with Crippen molar-refractivity contribution >= 4 is 17.7 Å². The topological polar surface area (TPSA) is 72.7 Å². The Morgan fingerprint density at radius 1 is 1.35 bits per heavy atom.